The standard InChI is InChI=1S/C25H35N3O4/c1-20-8-3-4-9-21(20)19-27-25(26-12-5-6-13-30-17-16-29-2)28-22-10-11-23-24(18-22)32-15-7-14-31-23/h3-4,8-11,18H,5-7,12-17,19H2,1-2H3,(H2,26,27,28). The van der Waals surface area contributed by atoms with Crippen molar-refractivity contribution in [1.29, 1.82) is 0 Å². The number of hydrogen-bond donors (Lipinski definition) is 2. The van der Waals surface area contributed by atoms with Gasteiger partial charge in [-0.2, -0.15) is 0 Å². The molecule has 0 aromatic heterocycles. The van der Waals surface area contributed by atoms with Crippen molar-refractivity contribution in [2.45, 2.75) is 32.7 Å². The predicted octanol–water partition coefficient (Wildman–Crippen LogP) is 4.16. The average Bonchev–Trinajstić information content (AvgIpc) is 3.05. The van der Waals surface area contributed by atoms with Crippen LogP contribution in [0.4, 0.5) is 5.69 Å². The van der Waals surface area contributed by atoms with Gasteiger partial charge in [-0.05, 0) is 43.0 Å². The van der Waals surface area contributed by atoms with Gasteiger partial charge in [0, 0.05) is 38.4 Å². The highest BCUT2D eigenvalue weighted by atomic mass is 16.5. The normalized spacial score (nSPS) is 13.5. The minimum absolute atomic E-state index is 0.604. The number of fused-ring (bicyclic) bond motifs is 1. The van der Waals surface area contributed by atoms with Gasteiger partial charge in [0.2, 0.25) is 0 Å². The first-order chi connectivity index (χ1) is 15.8. The van der Waals surface area contributed by atoms with Crippen LogP contribution in [0.15, 0.2) is 47.5 Å². The van der Waals surface area contributed by atoms with Crippen LogP contribution >= 0.6 is 0 Å². The zero-order chi connectivity index (χ0) is 22.4. The summed E-state index contributed by atoms with van der Waals surface area (Å²) in [6, 6.07) is 14.2. The van der Waals surface area contributed by atoms with Crippen LogP contribution in [0.25, 0.3) is 0 Å². The third-order valence-electron chi connectivity index (χ3n) is 5.12. The number of aliphatic imine (C=N–C) groups is 1. The van der Waals surface area contributed by atoms with Crippen LogP contribution in [0.5, 0.6) is 11.5 Å². The van der Waals surface area contributed by atoms with E-state index in [9.17, 15) is 0 Å². The molecule has 0 atom stereocenters. The van der Waals surface area contributed by atoms with Gasteiger partial charge in [0.1, 0.15) is 0 Å². The molecule has 0 radical (unpaired) electrons. The monoisotopic (exact) mass is 441 g/mol. The molecule has 2 aromatic rings. The smallest absolute Gasteiger partial charge is 0.196 e. The molecule has 0 bridgehead atoms. The Hall–Kier alpha value is -2.77. The quantitative estimate of drug-likeness (QED) is 0.310. The number of rotatable bonds is 11. The van der Waals surface area contributed by atoms with Crippen LogP contribution < -0.4 is 20.1 Å². The SMILES string of the molecule is COCCOCCCCNC(=NCc1ccccc1C)Nc1ccc2c(c1)OCCCO2. The molecular formula is C25H35N3O4. The highest BCUT2D eigenvalue weighted by molar-refractivity contribution is 5.94. The van der Waals surface area contributed by atoms with Crippen molar-refractivity contribution in [2.75, 3.05) is 52.0 Å². The van der Waals surface area contributed by atoms with E-state index >= 15 is 0 Å². The van der Waals surface area contributed by atoms with Gasteiger partial charge in [0.15, 0.2) is 17.5 Å². The van der Waals surface area contributed by atoms with Gasteiger partial charge in [-0.15, -0.1) is 0 Å². The molecule has 2 aromatic carbocycles. The number of nitrogens with zero attached hydrogens (tertiary/aromatic N) is 1. The number of anilines is 1. The van der Waals surface area contributed by atoms with Crippen LogP contribution in [0.1, 0.15) is 30.4 Å². The van der Waals surface area contributed by atoms with Gasteiger partial charge in [0.05, 0.1) is 33.0 Å². The molecule has 1 heterocycles. The third kappa shape index (κ3) is 8.05. The Morgan fingerprint density at radius 3 is 2.69 bits per heavy atom. The van der Waals surface area contributed by atoms with E-state index in [0.717, 1.165) is 55.6 Å². The van der Waals surface area contributed by atoms with Gasteiger partial charge in [-0.1, -0.05) is 24.3 Å². The fourth-order valence-corrected chi connectivity index (χ4v) is 3.25. The molecule has 2 N–H and O–H groups in total. The second-order valence-electron chi connectivity index (χ2n) is 7.67. The number of aryl methyl sites for hydroxylation is 1. The maximum atomic E-state index is 5.82. The summed E-state index contributed by atoms with van der Waals surface area (Å²) in [5.74, 6) is 2.29. The zero-order valence-electron chi connectivity index (χ0n) is 19.2. The first kappa shape index (κ1) is 23.9. The van der Waals surface area contributed by atoms with E-state index in [1.165, 1.54) is 11.1 Å². The van der Waals surface area contributed by atoms with Crippen molar-refractivity contribution in [3.8, 4) is 11.5 Å². The van der Waals surface area contributed by atoms with E-state index in [1.807, 2.05) is 30.3 Å². The van der Waals surface area contributed by atoms with Crippen LogP contribution in [0.3, 0.4) is 0 Å². The van der Waals surface area contributed by atoms with Crippen LogP contribution in [0, 0.1) is 6.92 Å². The maximum absolute atomic E-state index is 5.82. The highest BCUT2D eigenvalue weighted by Gasteiger charge is 2.11. The van der Waals surface area contributed by atoms with Gasteiger partial charge in [-0.25, -0.2) is 4.99 Å². The van der Waals surface area contributed by atoms with E-state index in [0.29, 0.717) is 33.0 Å². The average molecular weight is 442 g/mol. The first-order valence-corrected chi connectivity index (χ1v) is 11.3. The van der Waals surface area contributed by atoms with E-state index in [2.05, 4.69) is 29.7 Å². The van der Waals surface area contributed by atoms with E-state index in [-0.39, 0.29) is 0 Å². The molecule has 0 saturated carbocycles. The van der Waals surface area contributed by atoms with Gasteiger partial charge in [0.25, 0.3) is 0 Å². The Morgan fingerprint density at radius 1 is 1.00 bits per heavy atom. The lowest BCUT2D eigenvalue weighted by molar-refractivity contribution is 0.0689. The zero-order valence-corrected chi connectivity index (χ0v) is 19.2. The van der Waals surface area contributed by atoms with Crippen molar-refractivity contribution in [2.24, 2.45) is 4.99 Å². The first-order valence-electron chi connectivity index (χ1n) is 11.3. The molecule has 3 rings (SSSR count). The number of hydrogen-bond acceptors (Lipinski definition) is 5. The maximum Gasteiger partial charge on any atom is 0.196 e. The molecular weight excluding hydrogens is 406 g/mol. The van der Waals surface area contributed by atoms with Gasteiger partial charge >= 0.3 is 0 Å². The molecule has 0 aliphatic carbocycles. The van der Waals surface area contributed by atoms with Crippen molar-refractivity contribution in [1.82, 2.24) is 5.32 Å². The molecule has 1 aliphatic heterocycles. The summed E-state index contributed by atoms with van der Waals surface area (Å²) >= 11 is 0. The number of nitrogens with one attached hydrogen (secondary N) is 2. The molecule has 0 fully saturated rings. The lowest BCUT2D eigenvalue weighted by atomic mass is 10.1. The van der Waals surface area contributed by atoms with Crippen molar-refractivity contribution < 1.29 is 18.9 Å². The summed E-state index contributed by atoms with van der Waals surface area (Å²) in [7, 11) is 1.68. The van der Waals surface area contributed by atoms with E-state index in [1.54, 1.807) is 7.11 Å². The Kier molecular flexibility index (Phi) is 10.2. The predicted molar refractivity (Wildman–Crippen MR) is 128 cm³/mol. The number of benzene rings is 2. The molecule has 7 nitrogen and oxygen atoms in total. The Labute approximate surface area is 191 Å². The fourth-order valence-electron chi connectivity index (χ4n) is 3.25. The van der Waals surface area contributed by atoms with Crippen LogP contribution in [0.2, 0.25) is 0 Å². The van der Waals surface area contributed by atoms with Crippen molar-refractivity contribution >= 4 is 11.6 Å². The summed E-state index contributed by atoms with van der Waals surface area (Å²) in [4.78, 5) is 4.81. The van der Waals surface area contributed by atoms with Crippen molar-refractivity contribution in [3.05, 3.63) is 53.6 Å². The molecule has 1 aliphatic rings. The van der Waals surface area contributed by atoms with Crippen molar-refractivity contribution in [3.63, 3.8) is 0 Å². The minimum Gasteiger partial charge on any atom is -0.490 e. The summed E-state index contributed by atoms with van der Waals surface area (Å²) in [5.41, 5.74) is 3.35. The number of ether oxygens (including phenoxy) is 4. The summed E-state index contributed by atoms with van der Waals surface area (Å²) in [5, 5.41) is 6.85. The largest absolute Gasteiger partial charge is 0.490 e. The minimum atomic E-state index is 0.604. The molecule has 32 heavy (non-hydrogen) atoms. The van der Waals surface area contributed by atoms with Gasteiger partial charge < -0.3 is 29.6 Å². The summed E-state index contributed by atoms with van der Waals surface area (Å²) in [6.07, 6.45) is 2.85. The lowest BCUT2D eigenvalue weighted by Gasteiger charge is -2.15. The van der Waals surface area contributed by atoms with Crippen LogP contribution in [-0.2, 0) is 16.0 Å². The van der Waals surface area contributed by atoms with E-state index < -0.39 is 0 Å². The van der Waals surface area contributed by atoms with Gasteiger partial charge in [-0.3, -0.25) is 0 Å². The Bertz CT molecular complexity index is 857. The molecule has 0 unspecified atom stereocenters. The Morgan fingerprint density at radius 2 is 1.84 bits per heavy atom. The molecule has 0 spiro atoms. The Balaban J connectivity index is 1.59. The van der Waals surface area contributed by atoms with E-state index in [4.69, 9.17) is 23.9 Å². The third-order valence-corrected chi connectivity index (χ3v) is 5.12. The number of methoxy groups -OCH3 is 1. The summed E-state index contributed by atoms with van der Waals surface area (Å²) < 4.78 is 22.1. The lowest BCUT2D eigenvalue weighted by Crippen LogP contribution is -2.32. The molecule has 7 heteroatoms. The second kappa shape index (κ2) is 13.6. The molecule has 0 saturated heterocycles. The summed E-state index contributed by atoms with van der Waals surface area (Å²) in [6.45, 7) is 6.86. The fraction of sp³-hybridized carbons (Fsp3) is 0.480. The van der Waals surface area contributed by atoms with Crippen LogP contribution in [-0.4, -0.2) is 52.6 Å². The number of guanidine groups is 1. The molecule has 174 valence electrons. The highest BCUT2D eigenvalue weighted by Crippen LogP contribution is 2.32. The topological polar surface area (TPSA) is 73.3 Å². The number of unbranched alkanes of at least 4 members (excludes halogenated alkanes) is 1. The second-order valence-corrected chi connectivity index (χ2v) is 7.67. The molecule has 0 amide bonds.